The molecule has 276 valence electrons. The minimum Gasteiger partial charge on any atom is -0.493 e. The molecule has 0 aliphatic rings. The summed E-state index contributed by atoms with van der Waals surface area (Å²) in [6, 6.07) is 16.4. The van der Waals surface area contributed by atoms with Gasteiger partial charge in [-0.05, 0) is 67.1 Å². The first-order chi connectivity index (χ1) is 25.0. The molecule has 0 atom stereocenters. The smallest absolute Gasteiger partial charge is 0.416 e. The number of benzene rings is 2. The SMILES string of the molecule is CCOc1ccn(-c2ccc(C(F)(F)F)cc2)c(=O)c1C(=O)Nc1ccc(Oc2ccnc3cc(-c4ccc(CNCCOC)cn4)sc23)c(F)c1.Cl. The predicted octanol–water partition coefficient (Wildman–Crippen LogP) is 8.27. The summed E-state index contributed by atoms with van der Waals surface area (Å²) >= 11 is 1.39. The molecule has 4 heterocycles. The summed E-state index contributed by atoms with van der Waals surface area (Å²) in [5.41, 5.74) is 0.374. The number of fused-ring (bicyclic) bond motifs is 1. The lowest BCUT2D eigenvalue weighted by Crippen LogP contribution is -2.29. The number of anilines is 1. The molecule has 0 aliphatic heterocycles. The highest BCUT2D eigenvalue weighted by Gasteiger charge is 2.30. The Balaban J connectivity index is 0.00000541. The minimum absolute atomic E-state index is 0. The van der Waals surface area contributed by atoms with Crippen molar-refractivity contribution >= 4 is 45.6 Å². The van der Waals surface area contributed by atoms with E-state index in [9.17, 15) is 22.8 Å². The largest absolute Gasteiger partial charge is 0.493 e. The number of ether oxygens (including phenoxy) is 3. The number of halogens is 5. The highest BCUT2D eigenvalue weighted by atomic mass is 35.5. The van der Waals surface area contributed by atoms with Crippen LogP contribution in [0, 0.1) is 5.82 Å². The lowest BCUT2D eigenvalue weighted by Gasteiger charge is -2.14. The quantitative estimate of drug-likeness (QED) is 0.0892. The number of nitrogens with zero attached hydrogens (tertiary/aromatic N) is 3. The number of nitrogens with one attached hydrogen (secondary N) is 2. The second kappa shape index (κ2) is 17.0. The molecule has 0 aliphatic carbocycles. The van der Waals surface area contributed by atoms with Crippen molar-refractivity contribution in [2.75, 3.05) is 32.2 Å². The monoisotopic (exact) mass is 769 g/mol. The van der Waals surface area contributed by atoms with E-state index in [1.165, 1.54) is 35.7 Å². The third-order valence-corrected chi connectivity index (χ3v) is 8.89. The van der Waals surface area contributed by atoms with Crippen LogP contribution in [-0.4, -0.2) is 47.3 Å². The molecule has 0 unspecified atom stereocenters. The summed E-state index contributed by atoms with van der Waals surface area (Å²) in [5, 5.41) is 5.78. The topological polar surface area (TPSA) is 117 Å². The fourth-order valence-electron chi connectivity index (χ4n) is 5.19. The maximum absolute atomic E-state index is 15.4. The van der Waals surface area contributed by atoms with Crippen LogP contribution in [0.4, 0.5) is 23.2 Å². The van der Waals surface area contributed by atoms with Gasteiger partial charge in [-0.1, -0.05) is 6.07 Å². The molecule has 2 N–H and O–H groups in total. The van der Waals surface area contributed by atoms with E-state index in [4.69, 9.17) is 14.2 Å². The summed E-state index contributed by atoms with van der Waals surface area (Å²) < 4.78 is 72.9. The zero-order chi connectivity index (χ0) is 36.8. The van der Waals surface area contributed by atoms with Crippen LogP contribution >= 0.6 is 23.7 Å². The lowest BCUT2D eigenvalue weighted by atomic mass is 10.1. The summed E-state index contributed by atoms with van der Waals surface area (Å²) in [5.74, 6) is -1.51. The summed E-state index contributed by atoms with van der Waals surface area (Å²) in [4.78, 5) is 36.7. The molecule has 0 bridgehead atoms. The van der Waals surface area contributed by atoms with Gasteiger partial charge in [-0.3, -0.25) is 24.1 Å². The standard InChI is InChI=1S/C37H31F4N5O5S.ClH/c1-3-50-30-13-16-46(25-8-5-23(6-9-25)37(39,40)41)36(48)33(30)35(47)45-24-7-11-29(26(38)18-24)51-31-12-14-43-28-19-32(52-34(28)31)27-10-4-22(21-44-27)20-42-15-17-49-2;/h4-14,16,18-19,21,42H,3,15,17,20H2,1-2H3,(H,45,47);1H. The fraction of sp³-hybridized carbons (Fsp3) is 0.189. The van der Waals surface area contributed by atoms with Gasteiger partial charge in [0.15, 0.2) is 11.6 Å². The van der Waals surface area contributed by atoms with E-state index in [0.717, 1.165) is 57.6 Å². The Hall–Kier alpha value is -5.35. The Kier molecular flexibility index (Phi) is 12.5. The van der Waals surface area contributed by atoms with Crippen molar-refractivity contribution in [3.8, 4) is 33.5 Å². The lowest BCUT2D eigenvalue weighted by molar-refractivity contribution is -0.137. The molecule has 2 aromatic carbocycles. The van der Waals surface area contributed by atoms with Crippen LogP contribution in [0.5, 0.6) is 17.2 Å². The first kappa shape index (κ1) is 38.9. The number of methoxy groups -OCH3 is 1. The van der Waals surface area contributed by atoms with Crippen LogP contribution in [-0.2, 0) is 17.5 Å². The van der Waals surface area contributed by atoms with Crippen molar-refractivity contribution in [2.45, 2.75) is 19.6 Å². The average molecular weight is 770 g/mol. The predicted molar refractivity (Wildman–Crippen MR) is 196 cm³/mol. The van der Waals surface area contributed by atoms with Gasteiger partial charge in [-0.2, -0.15) is 13.2 Å². The summed E-state index contributed by atoms with van der Waals surface area (Å²) in [6.07, 6.45) is 0.0809. The Bertz CT molecular complexity index is 2260. The average Bonchev–Trinajstić information content (AvgIpc) is 3.57. The number of alkyl halides is 3. The highest BCUT2D eigenvalue weighted by molar-refractivity contribution is 7.22. The Morgan fingerprint density at radius 1 is 0.962 bits per heavy atom. The maximum atomic E-state index is 15.4. The van der Waals surface area contributed by atoms with E-state index in [0.29, 0.717) is 29.1 Å². The number of aromatic nitrogens is 3. The van der Waals surface area contributed by atoms with Gasteiger partial charge >= 0.3 is 6.18 Å². The molecule has 1 amide bonds. The van der Waals surface area contributed by atoms with E-state index in [-0.39, 0.29) is 41.9 Å². The van der Waals surface area contributed by atoms with Crippen LogP contribution in [0.3, 0.4) is 0 Å². The number of hydrogen-bond acceptors (Lipinski definition) is 9. The van der Waals surface area contributed by atoms with Crippen molar-refractivity contribution < 1.29 is 36.6 Å². The third-order valence-electron chi connectivity index (χ3n) is 7.73. The number of amides is 1. The van der Waals surface area contributed by atoms with Gasteiger partial charge in [-0.25, -0.2) is 4.39 Å². The van der Waals surface area contributed by atoms with Crippen molar-refractivity contribution in [2.24, 2.45) is 0 Å². The number of carbonyl (C=O) groups is 1. The normalized spacial score (nSPS) is 11.3. The van der Waals surface area contributed by atoms with Gasteiger partial charge in [0, 0.05) is 62.3 Å². The maximum Gasteiger partial charge on any atom is 0.416 e. The molecule has 6 rings (SSSR count). The molecular formula is C37H32ClF4N5O5S. The molecule has 4 aromatic heterocycles. The Morgan fingerprint density at radius 3 is 2.43 bits per heavy atom. The number of thiophene rings is 1. The van der Waals surface area contributed by atoms with Gasteiger partial charge in [0.25, 0.3) is 11.5 Å². The van der Waals surface area contributed by atoms with Crippen LogP contribution < -0.4 is 25.7 Å². The molecule has 0 radical (unpaired) electrons. The summed E-state index contributed by atoms with van der Waals surface area (Å²) in [7, 11) is 1.65. The van der Waals surface area contributed by atoms with E-state index in [1.807, 2.05) is 18.2 Å². The Morgan fingerprint density at radius 2 is 1.75 bits per heavy atom. The molecule has 10 nitrogen and oxygen atoms in total. The van der Waals surface area contributed by atoms with Gasteiger partial charge in [0.2, 0.25) is 0 Å². The second-order valence-electron chi connectivity index (χ2n) is 11.3. The second-order valence-corrected chi connectivity index (χ2v) is 12.3. The highest BCUT2D eigenvalue weighted by Crippen LogP contribution is 2.39. The van der Waals surface area contributed by atoms with Crippen molar-refractivity contribution in [1.29, 1.82) is 0 Å². The molecule has 53 heavy (non-hydrogen) atoms. The van der Waals surface area contributed by atoms with E-state index in [2.05, 4.69) is 20.6 Å². The molecule has 0 saturated carbocycles. The first-order valence-corrected chi connectivity index (χ1v) is 16.8. The molecule has 6 aromatic rings. The van der Waals surface area contributed by atoms with E-state index >= 15 is 4.39 Å². The van der Waals surface area contributed by atoms with Gasteiger partial charge in [0.05, 0.1) is 39.6 Å². The fourth-order valence-corrected chi connectivity index (χ4v) is 6.24. The number of hydrogen-bond donors (Lipinski definition) is 2. The minimum atomic E-state index is -4.56. The van der Waals surface area contributed by atoms with Crippen molar-refractivity contribution in [3.05, 3.63) is 124 Å². The van der Waals surface area contributed by atoms with Crippen LogP contribution in [0.25, 0.3) is 26.5 Å². The zero-order valence-electron chi connectivity index (χ0n) is 28.2. The number of pyridine rings is 3. The summed E-state index contributed by atoms with van der Waals surface area (Å²) in [6.45, 7) is 3.77. The number of rotatable bonds is 13. The third kappa shape index (κ3) is 9.00. The van der Waals surface area contributed by atoms with Crippen molar-refractivity contribution in [3.63, 3.8) is 0 Å². The van der Waals surface area contributed by atoms with Gasteiger partial charge in [-0.15, -0.1) is 23.7 Å². The zero-order valence-corrected chi connectivity index (χ0v) is 29.8. The number of carbonyl (C=O) groups excluding carboxylic acids is 1. The van der Waals surface area contributed by atoms with Gasteiger partial charge in [0.1, 0.15) is 17.1 Å². The van der Waals surface area contributed by atoms with Crippen LogP contribution in [0.1, 0.15) is 28.4 Å². The van der Waals surface area contributed by atoms with E-state index in [1.54, 1.807) is 32.5 Å². The first-order valence-electron chi connectivity index (χ1n) is 15.9. The molecule has 0 saturated heterocycles. The molecule has 16 heteroatoms. The molecule has 0 spiro atoms. The van der Waals surface area contributed by atoms with Crippen LogP contribution in [0.15, 0.2) is 96.2 Å². The van der Waals surface area contributed by atoms with Crippen molar-refractivity contribution in [1.82, 2.24) is 19.9 Å². The molecule has 0 fully saturated rings. The Labute approximate surface area is 310 Å². The van der Waals surface area contributed by atoms with E-state index < -0.39 is 34.6 Å². The van der Waals surface area contributed by atoms with Gasteiger partial charge < -0.3 is 24.8 Å². The van der Waals surface area contributed by atoms with Crippen LogP contribution in [0.2, 0.25) is 0 Å². The molecular weight excluding hydrogens is 738 g/mol.